The van der Waals surface area contributed by atoms with Crippen LogP contribution in [0.25, 0.3) is 0 Å². The molecule has 106 valence electrons. The molecule has 21 heavy (non-hydrogen) atoms. The van der Waals surface area contributed by atoms with E-state index in [4.69, 9.17) is 0 Å². The lowest BCUT2D eigenvalue weighted by molar-refractivity contribution is -0.123. The van der Waals surface area contributed by atoms with Gasteiger partial charge < -0.3 is 0 Å². The monoisotopic (exact) mass is 279 g/mol. The molecule has 3 heteroatoms. The molecule has 1 saturated heterocycles. The number of rotatable bonds is 1. The number of carbonyl (C=O) groups is 2. The summed E-state index contributed by atoms with van der Waals surface area (Å²) in [5.74, 6) is 0.459. The lowest BCUT2D eigenvalue weighted by atomic mass is 9.85. The van der Waals surface area contributed by atoms with Gasteiger partial charge in [-0.1, -0.05) is 29.8 Å². The van der Waals surface area contributed by atoms with Crippen LogP contribution >= 0.6 is 0 Å². The number of carbonyl (C=O) groups excluding carboxylic acids is 2. The summed E-state index contributed by atoms with van der Waals surface area (Å²) in [6.45, 7) is 2.01. The Bertz CT molecular complexity index is 664. The molecule has 4 aliphatic rings. The molecule has 1 heterocycles. The molecule has 0 unspecified atom stereocenters. The van der Waals surface area contributed by atoms with E-state index in [-0.39, 0.29) is 29.1 Å². The van der Waals surface area contributed by atoms with E-state index >= 15 is 0 Å². The van der Waals surface area contributed by atoms with Crippen molar-refractivity contribution in [3.05, 3.63) is 42.0 Å². The summed E-state index contributed by atoms with van der Waals surface area (Å²) < 4.78 is 0. The molecule has 5 rings (SSSR count). The van der Waals surface area contributed by atoms with Gasteiger partial charge in [-0.25, -0.2) is 0 Å². The van der Waals surface area contributed by atoms with Crippen LogP contribution in [-0.2, 0) is 9.59 Å². The number of allylic oxidation sites excluding steroid dienone is 2. The Morgan fingerprint density at radius 1 is 0.952 bits per heavy atom. The molecule has 4 atom stereocenters. The summed E-state index contributed by atoms with van der Waals surface area (Å²) in [6.07, 6.45) is 6.80. The van der Waals surface area contributed by atoms with Crippen molar-refractivity contribution in [1.82, 2.24) is 0 Å². The maximum Gasteiger partial charge on any atom is 0.238 e. The second-order valence-corrected chi connectivity index (χ2v) is 7.07. The molecule has 2 amide bonds. The number of hydrogen-bond acceptors (Lipinski definition) is 2. The first-order valence-electron chi connectivity index (χ1n) is 7.76. The van der Waals surface area contributed by atoms with E-state index in [1.807, 2.05) is 31.2 Å². The first-order valence-corrected chi connectivity index (χ1v) is 7.76. The van der Waals surface area contributed by atoms with Crippen molar-refractivity contribution < 1.29 is 9.59 Å². The lowest BCUT2D eigenvalue weighted by Crippen LogP contribution is -2.34. The minimum absolute atomic E-state index is 0.0250. The Morgan fingerprint density at radius 3 is 1.95 bits per heavy atom. The number of hydrogen-bond donors (Lipinski definition) is 0. The van der Waals surface area contributed by atoms with E-state index < -0.39 is 0 Å². The van der Waals surface area contributed by atoms with Crippen molar-refractivity contribution in [2.45, 2.75) is 19.8 Å². The number of fused-ring (bicyclic) bond motifs is 3. The number of aryl methyl sites for hydroxylation is 1. The third-order valence-electron chi connectivity index (χ3n) is 6.14. The first kappa shape index (κ1) is 11.7. The Morgan fingerprint density at radius 2 is 1.48 bits per heavy atom. The Labute approximate surface area is 123 Å². The zero-order valence-electron chi connectivity index (χ0n) is 12.0. The van der Waals surface area contributed by atoms with Gasteiger partial charge in [-0.15, -0.1) is 0 Å². The van der Waals surface area contributed by atoms with Crippen LogP contribution in [0.5, 0.6) is 0 Å². The van der Waals surface area contributed by atoms with Gasteiger partial charge in [-0.3, -0.25) is 14.5 Å². The van der Waals surface area contributed by atoms with E-state index in [9.17, 15) is 9.59 Å². The van der Waals surface area contributed by atoms with Crippen LogP contribution in [0.15, 0.2) is 36.4 Å². The van der Waals surface area contributed by atoms with Gasteiger partial charge in [0.15, 0.2) is 0 Å². The van der Waals surface area contributed by atoms with Crippen LogP contribution in [0.2, 0.25) is 0 Å². The first-order chi connectivity index (χ1) is 10.1. The van der Waals surface area contributed by atoms with Gasteiger partial charge >= 0.3 is 0 Å². The Kier molecular flexibility index (Phi) is 1.93. The minimum Gasteiger partial charge on any atom is -0.274 e. The molecule has 1 aromatic rings. The average Bonchev–Trinajstić information content (AvgIpc) is 3.07. The average molecular weight is 279 g/mol. The van der Waals surface area contributed by atoms with E-state index in [0.29, 0.717) is 11.8 Å². The van der Waals surface area contributed by atoms with Crippen molar-refractivity contribution in [1.29, 1.82) is 0 Å². The Hall–Kier alpha value is -1.90. The summed E-state index contributed by atoms with van der Waals surface area (Å²) in [4.78, 5) is 27.2. The highest BCUT2D eigenvalue weighted by atomic mass is 16.2. The van der Waals surface area contributed by atoms with Crippen LogP contribution in [0.4, 0.5) is 5.69 Å². The highest BCUT2D eigenvalue weighted by molar-refractivity contribution is 6.23. The molecular weight excluding hydrogens is 262 g/mol. The van der Waals surface area contributed by atoms with E-state index in [0.717, 1.165) is 11.3 Å². The fourth-order valence-electron chi connectivity index (χ4n) is 5.03. The van der Waals surface area contributed by atoms with Gasteiger partial charge in [0.2, 0.25) is 11.8 Å². The van der Waals surface area contributed by atoms with Gasteiger partial charge in [0.1, 0.15) is 0 Å². The van der Waals surface area contributed by atoms with Gasteiger partial charge in [-0.2, -0.15) is 0 Å². The fraction of sp³-hybridized carbons (Fsp3) is 0.444. The second kappa shape index (κ2) is 3.46. The fourth-order valence-corrected chi connectivity index (χ4v) is 5.03. The van der Waals surface area contributed by atoms with E-state index in [2.05, 4.69) is 12.2 Å². The van der Waals surface area contributed by atoms with E-state index in [1.165, 1.54) is 17.7 Å². The molecule has 1 aromatic carbocycles. The van der Waals surface area contributed by atoms with Crippen LogP contribution in [-0.4, -0.2) is 11.8 Å². The third kappa shape index (κ3) is 1.22. The largest absolute Gasteiger partial charge is 0.274 e. The second-order valence-electron chi connectivity index (χ2n) is 7.07. The molecule has 0 aromatic heterocycles. The van der Waals surface area contributed by atoms with Crippen molar-refractivity contribution in [2.24, 2.45) is 29.1 Å². The summed E-state index contributed by atoms with van der Waals surface area (Å²) in [7, 11) is 0. The zero-order valence-corrected chi connectivity index (χ0v) is 12.0. The highest BCUT2D eigenvalue weighted by Gasteiger charge is 2.73. The molecule has 2 bridgehead atoms. The summed E-state index contributed by atoms with van der Waals surface area (Å²) >= 11 is 0. The quantitative estimate of drug-likeness (QED) is 0.585. The minimum atomic E-state index is -0.101. The zero-order chi connectivity index (χ0) is 14.4. The van der Waals surface area contributed by atoms with Crippen LogP contribution < -0.4 is 4.90 Å². The highest BCUT2D eigenvalue weighted by Crippen LogP contribution is 2.73. The van der Waals surface area contributed by atoms with Gasteiger partial charge in [0.25, 0.3) is 0 Å². The van der Waals surface area contributed by atoms with Gasteiger partial charge in [0, 0.05) is 0 Å². The molecule has 1 aliphatic heterocycles. The number of amides is 2. The van der Waals surface area contributed by atoms with E-state index in [1.54, 1.807) is 0 Å². The maximum atomic E-state index is 12.9. The predicted octanol–water partition coefficient (Wildman–Crippen LogP) is 2.70. The predicted molar refractivity (Wildman–Crippen MR) is 78.4 cm³/mol. The molecular formula is C18H17NO2. The summed E-state index contributed by atoms with van der Waals surface area (Å²) in [6, 6.07) is 7.68. The summed E-state index contributed by atoms with van der Waals surface area (Å²) in [5.41, 5.74) is 2.14. The molecule has 3 nitrogen and oxygen atoms in total. The van der Waals surface area contributed by atoms with Crippen molar-refractivity contribution in [2.75, 3.05) is 4.90 Å². The Balaban J connectivity index is 1.57. The lowest BCUT2D eigenvalue weighted by Gasteiger charge is -2.21. The smallest absolute Gasteiger partial charge is 0.238 e. The summed E-state index contributed by atoms with van der Waals surface area (Å²) in [5, 5.41) is 0. The third-order valence-corrected chi connectivity index (χ3v) is 6.14. The molecule has 1 spiro atoms. The van der Waals surface area contributed by atoms with Crippen LogP contribution in [0, 0.1) is 36.0 Å². The molecule has 0 radical (unpaired) electrons. The van der Waals surface area contributed by atoms with Crippen molar-refractivity contribution in [3.63, 3.8) is 0 Å². The SMILES string of the molecule is Cc1ccc(N2C(=O)[C@@H]3[C@H](C2=O)[C@@H]2C=C[C@@H]3C23CC3)cc1. The number of imide groups is 1. The van der Waals surface area contributed by atoms with Gasteiger partial charge in [0.05, 0.1) is 17.5 Å². The molecule has 0 N–H and O–H groups in total. The standard InChI is InChI=1S/C18H17NO2/c1-10-2-4-11(5-3-10)19-16(20)14-12-6-7-13(15(14)17(19)21)18(12)8-9-18/h2-7,12-15H,8-9H2,1H3/t12-,13-,14-,15+/m0/s1. The van der Waals surface area contributed by atoms with Crippen molar-refractivity contribution >= 4 is 17.5 Å². The number of nitrogens with zero attached hydrogens (tertiary/aromatic N) is 1. The number of anilines is 1. The molecule has 3 fully saturated rings. The number of benzene rings is 1. The van der Waals surface area contributed by atoms with Crippen LogP contribution in [0.1, 0.15) is 18.4 Å². The van der Waals surface area contributed by atoms with Gasteiger partial charge in [-0.05, 0) is 49.1 Å². The molecule has 3 aliphatic carbocycles. The maximum absolute atomic E-state index is 12.9. The van der Waals surface area contributed by atoms with Crippen LogP contribution in [0.3, 0.4) is 0 Å². The topological polar surface area (TPSA) is 37.4 Å². The normalized spacial score (nSPS) is 37.7. The molecule has 2 saturated carbocycles. The van der Waals surface area contributed by atoms with Crippen molar-refractivity contribution in [3.8, 4) is 0 Å².